The van der Waals surface area contributed by atoms with E-state index in [4.69, 9.17) is 0 Å². The molecule has 2 aromatic rings. The Kier molecular flexibility index (Phi) is 5.84. The van der Waals surface area contributed by atoms with E-state index in [1.165, 1.54) is 24.3 Å². The Hall–Kier alpha value is -2.06. The van der Waals surface area contributed by atoms with Crippen molar-refractivity contribution >= 4 is 43.1 Å². The Bertz CT molecular complexity index is 849. The minimum atomic E-state index is -3.91. The van der Waals surface area contributed by atoms with Crippen LogP contribution in [0.25, 0.3) is 0 Å². The van der Waals surface area contributed by atoms with Crippen molar-refractivity contribution < 1.29 is 22.4 Å². The number of sulfone groups is 1. The molecule has 8 heteroatoms. The van der Waals surface area contributed by atoms with Crippen LogP contribution >= 0.6 is 15.9 Å². The fourth-order valence-corrected chi connectivity index (χ4v) is 3.30. The van der Waals surface area contributed by atoms with Crippen LogP contribution in [0.5, 0.6) is 0 Å². The molecule has 0 bridgehead atoms. The number of anilines is 1. The van der Waals surface area contributed by atoms with Crippen LogP contribution in [-0.2, 0) is 14.6 Å². The summed E-state index contributed by atoms with van der Waals surface area (Å²) >= 11 is 3.22. The first-order valence-corrected chi connectivity index (χ1v) is 9.41. The Morgan fingerprint density at radius 1 is 0.958 bits per heavy atom. The van der Waals surface area contributed by atoms with Crippen LogP contribution in [0, 0.1) is 5.82 Å². The monoisotopic (exact) mass is 413 g/mol. The van der Waals surface area contributed by atoms with Gasteiger partial charge in [0.15, 0.2) is 15.6 Å². The molecule has 24 heavy (non-hydrogen) atoms. The molecule has 0 fully saturated rings. The average molecular weight is 414 g/mol. The van der Waals surface area contributed by atoms with E-state index in [0.29, 0.717) is 0 Å². The molecule has 1 N–H and O–H groups in total. The second kappa shape index (κ2) is 7.67. The van der Waals surface area contributed by atoms with Gasteiger partial charge in [-0.3, -0.25) is 9.59 Å². The van der Waals surface area contributed by atoms with Gasteiger partial charge in [0.1, 0.15) is 17.3 Å². The van der Waals surface area contributed by atoms with Gasteiger partial charge in [0, 0.05) is 15.7 Å². The van der Waals surface area contributed by atoms with E-state index in [9.17, 15) is 22.4 Å². The molecule has 0 atom stereocenters. The predicted molar refractivity (Wildman–Crippen MR) is 92.2 cm³/mol. The molecule has 0 aliphatic heterocycles. The number of ketones is 1. The molecule has 0 radical (unpaired) electrons. The molecule has 0 saturated carbocycles. The fourth-order valence-electron chi connectivity index (χ4n) is 1.90. The summed E-state index contributed by atoms with van der Waals surface area (Å²) in [4.78, 5) is 23.8. The van der Waals surface area contributed by atoms with Crippen molar-refractivity contribution in [3.8, 4) is 0 Å². The molecule has 0 spiro atoms. The molecule has 0 aliphatic rings. The number of halogens is 2. The quantitative estimate of drug-likeness (QED) is 0.738. The van der Waals surface area contributed by atoms with Gasteiger partial charge in [0.25, 0.3) is 0 Å². The number of hydrogen-bond donors (Lipinski definition) is 1. The van der Waals surface area contributed by atoms with E-state index in [1.54, 1.807) is 12.1 Å². The number of nitrogens with one attached hydrogen (secondary N) is 1. The molecule has 0 aromatic heterocycles. The van der Waals surface area contributed by atoms with Crippen molar-refractivity contribution in [2.24, 2.45) is 0 Å². The lowest BCUT2D eigenvalue weighted by Crippen LogP contribution is -2.27. The first-order valence-electron chi connectivity index (χ1n) is 6.80. The third kappa shape index (κ3) is 5.54. The van der Waals surface area contributed by atoms with E-state index in [0.717, 1.165) is 16.6 Å². The van der Waals surface area contributed by atoms with Crippen LogP contribution in [-0.4, -0.2) is 31.6 Å². The highest BCUT2D eigenvalue weighted by Gasteiger charge is 2.21. The summed E-state index contributed by atoms with van der Waals surface area (Å²) in [6.45, 7) is 0. The van der Waals surface area contributed by atoms with Crippen molar-refractivity contribution in [2.45, 2.75) is 0 Å². The zero-order chi connectivity index (χ0) is 17.7. The van der Waals surface area contributed by atoms with Gasteiger partial charge in [-0.25, -0.2) is 12.8 Å². The van der Waals surface area contributed by atoms with E-state index < -0.39 is 38.9 Å². The molecule has 2 aromatic carbocycles. The van der Waals surface area contributed by atoms with Gasteiger partial charge < -0.3 is 5.32 Å². The van der Waals surface area contributed by atoms with Gasteiger partial charge in [-0.2, -0.15) is 0 Å². The Morgan fingerprint density at radius 3 is 2.12 bits per heavy atom. The van der Waals surface area contributed by atoms with Crippen LogP contribution in [0.2, 0.25) is 0 Å². The van der Waals surface area contributed by atoms with Gasteiger partial charge in [-0.1, -0.05) is 28.1 Å². The zero-order valence-electron chi connectivity index (χ0n) is 12.3. The largest absolute Gasteiger partial charge is 0.325 e. The standard InChI is InChI=1S/C16H13BrFNO4S/c17-12-3-1-11(2-4-12)15(20)9-24(22,23)10-16(21)19-14-7-5-13(18)6-8-14/h1-8H,9-10H2,(H,19,21). The highest BCUT2D eigenvalue weighted by atomic mass is 79.9. The maximum Gasteiger partial charge on any atom is 0.239 e. The summed E-state index contributed by atoms with van der Waals surface area (Å²) in [5.41, 5.74) is 0.525. The maximum atomic E-state index is 12.8. The topological polar surface area (TPSA) is 80.3 Å². The summed E-state index contributed by atoms with van der Waals surface area (Å²) in [6, 6.07) is 11.2. The SMILES string of the molecule is O=C(CS(=O)(=O)CC(=O)c1ccc(Br)cc1)Nc1ccc(F)cc1. The number of amides is 1. The minimum absolute atomic E-state index is 0.251. The molecule has 1 amide bonds. The van der Waals surface area contributed by atoms with Crippen LogP contribution in [0.4, 0.5) is 10.1 Å². The van der Waals surface area contributed by atoms with Crippen LogP contribution in [0.15, 0.2) is 53.0 Å². The summed E-state index contributed by atoms with van der Waals surface area (Å²) in [5, 5.41) is 2.34. The van der Waals surface area contributed by atoms with Crippen LogP contribution in [0.3, 0.4) is 0 Å². The van der Waals surface area contributed by atoms with Gasteiger partial charge in [0.2, 0.25) is 5.91 Å². The molecule has 2 rings (SSSR count). The van der Waals surface area contributed by atoms with E-state index >= 15 is 0 Å². The number of Topliss-reactive ketones (excluding diaryl/α,β-unsaturated/α-hetero) is 1. The van der Waals surface area contributed by atoms with E-state index in [-0.39, 0.29) is 11.3 Å². The second-order valence-electron chi connectivity index (χ2n) is 5.02. The summed E-state index contributed by atoms with van der Waals surface area (Å²) < 4.78 is 37.5. The van der Waals surface area contributed by atoms with Crippen molar-refractivity contribution in [1.82, 2.24) is 0 Å². The van der Waals surface area contributed by atoms with Crippen molar-refractivity contribution in [1.29, 1.82) is 0 Å². The highest BCUT2D eigenvalue weighted by molar-refractivity contribution is 9.10. The van der Waals surface area contributed by atoms with Gasteiger partial charge in [0.05, 0.1) is 0 Å². The van der Waals surface area contributed by atoms with Crippen molar-refractivity contribution in [3.63, 3.8) is 0 Å². The molecule has 0 aliphatic carbocycles. The highest BCUT2D eigenvalue weighted by Crippen LogP contribution is 2.12. The lowest BCUT2D eigenvalue weighted by molar-refractivity contribution is -0.113. The molecule has 126 valence electrons. The van der Waals surface area contributed by atoms with Crippen LogP contribution in [0.1, 0.15) is 10.4 Å². The van der Waals surface area contributed by atoms with Gasteiger partial charge >= 0.3 is 0 Å². The Morgan fingerprint density at radius 2 is 1.54 bits per heavy atom. The summed E-state index contributed by atoms with van der Waals surface area (Å²) in [5.74, 6) is -3.43. The smallest absolute Gasteiger partial charge is 0.239 e. The molecule has 0 unspecified atom stereocenters. The zero-order valence-corrected chi connectivity index (χ0v) is 14.7. The van der Waals surface area contributed by atoms with E-state index in [2.05, 4.69) is 21.2 Å². The van der Waals surface area contributed by atoms with E-state index in [1.807, 2.05) is 0 Å². The van der Waals surface area contributed by atoms with Crippen molar-refractivity contribution in [3.05, 3.63) is 64.4 Å². The Balaban J connectivity index is 1.97. The molecular formula is C16H13BrFNO4S. The first-order chi connectivity index (χ1) is 11.2. The Labute approximate surface area is 146 Å². The molecule has 0 saturated heterocycles. The number of carbonyl (C=O) groups is 2. The average Bonchev–Trinajstić information content (AvgIpc) is 2.49. The van der Waals surface area contributed by atoms with Crippen LogP contribution < -0.4 is 5.32 Å². The maximum absolute atomic E-state index is 12.8. The second-order valence-corrected chi connectivity index (χ2v) is 8.00. The molecule has 0 heterocycles. The molecular weight excluding hydrogens is 401 g/mol. The number of hydrogen-bond acceptors (Lipinski definition) is 4. The summed E-state index contributed by atoms with van der Waals surface area (Å²) in [7, 11) is -3.91. The third-order valence-corrected chi connectivity index (χ3v) is 4.93. The predicted octanol–water partition coefficient (Wildman–Crippen LogP) is 2.82. The minimum Gasteiger partial charge on any atom is -0.325 e. The number of rotatable bonds is 6. The van der Waals surface area contributed by atoms with Gasteiger partial charge in [-0.15, -0.1) is 0 Å². The number of benzene rings is 2. The first kappa shape index (κ1) is 18.3. The normalized spacial score (nSPS) is 11.1. The number of carbonyl (C=O) groups excluding carboxylic acids is 2. The van der Waals surface area contributed by atoms with Crippen molar-refractivity contribution in [2.75, 3.05) is 16.8 Å². The summed E-state index contributed by atoms with van der Waals surface area (Å²) in [6.07, 6.45) is 0. The molecule has 5 nitrogen and oxygen atoms in total. The lowest BCUT2D eigenvalue weighted by Gasteiger charge is -2.06. The third-order valence-electron chi connectivity index (χ3n) is 3.00. The lowest BCUT2D eigenvalue weighted by atomic mass is 10.2. The van der Waals surface area contributed by atoms with Gasteiger partial charge in [-0.05, 0) is 36.4 Å². The fraction of sp³-hybridized carbons (Fsp3) is 0.125.